The SMILES string of the molecule is CC12CC=CC=CC1=CCCC2=O. The van der Waals surface area contributed by atoms with E-state index in [-0.39, 0.29) is 5.41 Å². The molecule has 0 aliphatic heterocycles. The lowest BCUT2D eigenvalue weighted by Crippen LogP contribution is -2.31. The molecule has 0 bridgehead atoms. The third-order valence-electron chi connectivity index (χ3n) is 3.04. The molecule has 0 amide bonds. The van der Waals surface area contributed by atoms with Crippen LogP contribution in [0.1, 0.15) is 26.2 Å². The van der Waals surface area contributed by atoms with Crippen molar-refractivity contribution in [3.05, 3.63) is 36.0 Å². The number of carbonyl (C=O) groups is 1. The van der Waals surface area contributed by atoms with Crippen LogP contribution >= 0.6 is 0 Å². The van der Waals surface area contributed by atoms with E-state index in [0.29, 0.717) is 12.2 Å². The van der Waals surface area contributed by atoms with Crippen molar-refractivity contribution in [3.63, 3.8) is 0 Å². The topological polar surface area (TPSA) is 17.1 Å². The minimum atomic E-state index is -0.234. The summed E-state index contributed by atoms with van der Waals surface area (Å²) in [4.78, 5) is 11.8. The minimum absolute atomic E-state index is 0.234. The Balaban J connectivity index is 2.46. The van der Waals surface area contributed by atoms with Gasteiger partial charge in [0, 0.05) is 6.42 Å². The van der Waals surface area contributed by atoms with Gasteiger partial charge < -0.3 is 0 Å². The zero-order valence-electron chi connectivity index (χ0n) is 7.92. The van der Waals surface area contributed by atoms with Crippen molar-refractivity contribution < 1.29 is 4.79 Å². The highest BCUT2D eigenvalue weighted by molar-refractivity contribution is 5.89. The van der Waals surface area contributed by atoms with Crippen LogP contribution in [0.4, 0.5) is 0 Å². The minimum Gasteiger partial charge on any atom is -0.299 e. The molecule has 1 nitrogen and oxygen atoms in total. The number of carbonyl (C=O) groups excluding carboxylic acids is 1. The standard InChI is InChI=1S/C12H14O/c1-12-9-4-2-3-6-10(12)7-5-8-11(12)13/h2-4,6-7H,5,8-9H2,1H3. The molecule has 0 N–H and O–H groups in total. The molecule has 0 spiro atoms. The maximum Gasteiger partial charge on any atom is 0.143 e. The van der Waals surface area contributed by atoms with Gasteiger partial charge in [0.2, 0.25) is 0 Å². The van der Waals surface area contributed by atoms with Gasteiger partial charge in [0.1, 0.15) is 5.78 Å². The second kappa shape index (κ2) is 2.99. The van der Waals surface area contributed by atoms with Gasteiger partial charge in [-0.15, -0.1) is 0 Å². The highest BCUT2D eigenvalue weighted by atomic mass is 16.1. The van der Waals surface area contributed by atoms with E-state index in [9.17, 15) is 4.79 Å². The molecule has 0 saturated carbocycles. The van der Waals surface area contributed by atoms with Gasteiger partial charge in [-0.05, 0) is 25.3 Å². The average molecular weight is 174 g/mol. The van der Waals surface area contributed by atoms with E-state index in [4.69, 9.17) is 0 Å². The van der Waals surface area contributed by atoms with Gasteiger partial charge in [-0.2, -0.15) is 0 Å². The van der Waals surface area contributed by atoms with E-state index in [0.717, 1.165) is 12.8 Å². The monoisotopic (exact) mass is 174 g/mol. The van der Waals surface area contributed by atoms with Crippen LogP contribution in [0.15, 0.2) is 36.0 Å². The fraction of sp³-hybridized carbons (Fsp3) is 0.417. The number of hydrogen-bond acceptors (Lipinski definition) is 1. The summed E-state index contributed by atoms with van der Waals surface area (Å²) in [7, 11) is 0. The van der Waals surface area contributed by atoms with Gasteiger partial charge in [-0.3, -0.25) is 4.79 Å². The normalized spacial score (nSPS) is 32.4. The molecule has 2 aliphatic rings. The number of Topliss-reactive ketones (excluding diaryl/α,β-unsaturated/α-hetero) is 1. The predicted molar refractivity (Wildman–Crippen MR) is 53.3 cm³/mol. The van der Waals surface area contributed by atoms with Crippen molar-refractivity contribution in [1.82, 2.24) is 0 Å². The summed E-state index contributed by atoms with van der Waals surface area (Å²) in [5.74, 6) is 0.390. The Hall–Kier alpha value is -1.11. The van der Waals surface area contributed by atoms with E-state index in [1.165, 1.54) is 5.57 Å². The van der Waals surface area contributed by atoms with Crippen LogP contribution in [0.25, 0.3) is 0 Å². The van der Waals surface area contributed by atoms with E-state index in [1.54, 1.807) is 0 Å². The molecule has 0 heterocycles. The van der Waals surface area contributed by atoms with Crippen molar-refractivity contribution in [2.45, 2.75) is 26.2 Å². The molecule has 2 rings (SSSR count). The zero-order valence-corrected chi connectivity index (χ0v) is 7.92. The zero-order chi connectivity index (χ0) is 9.31. The highest BCUT2D eigenvalue weighted by Gasteiger charge is 2.36. The molecule has 13 heavy (non-hydrogen) atoms. The third kappa shape index (κ3) is 1.28. The lowest BCUT2D eigenvalue weighted by Gasteiger charge is -2.31. The largest absolute Gasteiger partial charge is 0.299 e. The third-order valence-corrected chi connectivity index (χ3v) is 3.04. The van der Waals surface area contributed by atoms with Crippen LogP contribution in [-0.4, -0.2) is 5.78 Å². The second-order valence-corrected chi connectivity index (χ2v) is 3.94. The summed E-state index contributed by atoms with van der Waals surface area (Å²) >= 11 is 0. The van der Waals surface area contributed by atoms with Gasteiger partial charge in [-0.1, -0.05) is 30.4 Å². The first-order valence-corrected chi connectivity index (χ1v) is 4.81. The first-order chi connectivity index (χ1) is 6.23. The van der Waals surface area contributed by atoms with Gasteiger partial charge in [0.25, 0.3) is 0 Å². The molecule has 0 aromatic rings. The fourth-order valence-electron chi connectivity index (χ4n) is 2.05. The summed E-state index contributed by atoms with van der Waals surface area (Å²) < 4.78 is 0. The number of hydrogen-bond donors (Lipinski definition) is 0. The Labute approximate surface area is 78.8 Å². The average Bonchev–Trinajstić information content (AvgIpc) is 2.29. The smallest absolute Gasteiger partial charge is 0.143 e. The van der Waals surface area contributed by atoms with E-state index in [2.05, 4.69) is 25.2 Å². The summed E-state index contributed by atoms with van der Waals surface area (Å²) in [6.07, 6.45) is 12.9. The molecule has 2 aliphatic carbocycles. The maximum atomic E-state index is 11.8. The summed E-state index contributed by atoms with van der Waals surface area (Å²) in [6, 6.07) is 0. The van der Waals surface area contributed by atoms with Crippen molar-refractivity contribution in [1.29, 1.82) is 0 Å². The Bertz CT molecular complexity index is 320. The Kier molecular flexibility index (Phi) is 1.95. The Morgan fingerprint density at radius 3 is 3.08 bits per heavy atom. The second-order valence-electron chi connectivity index (χ2n) is 3.94. The van der Waals surface area contributed by atoms with Gasteiger partial charge in [0.15, 0.2) is 0 Å². The van der Waals surface area contributed by atoms with Gasteiger partial charge in [0.05, 0.1) is 5.41 Å². The molecular formula is C12H14O. The molecule has 1 atom stereocenters. The lowest BCUT2D eigenvalue weighted by molar-refractivity contribution is -0.126. The molecule has 1 heteroatoms. The molecular weight excluding hydrogens is 160 g/mol. The van der Waals surface area contributed by atoms with Crippen LogP contribution in [-0.2, 0) is 4.79 Å². The van der Waals surface area contributed by atoms with Crippen molar-refractivity contribution in [2.24, 2.45) is 5.41 Å². The van der Waals surface area contributed by atoms with Gasteiger partial charge >= 0.3 is 0 Å². The predicted octanol–water partition coefficient (Wildman–Crippen LogP) is 2.80. The summed E-state index contributed by atoms with van der Waals surface area (Å²) in [6.45, 7) is 2.06. The Morgan fingerprint density at radius 2 is 2.23 bits per heavy atom. The number of rotatable bonds is 0. The van der Waals surface area contributed by atoms with E-state index >= 15 is 0 Å². The molecule has 0 saturated heterocycles. The first kappa shape index (κ1) is 8.49. The highest BCUT2D eigenvalue weighted by Crippen LogP contribution is 2.39. The van der Waals surface area contributed by atoms with Crippen LogP contribution in [0.2, 0.25) is 0 Å². The molecule has 0 radical (unpaired) electrons. The Morgan fingerprint density at radius 1 is 1.38 bits per heavy atom. The van der Waals surface area contributed by atoms with Crippen LogP contribution in [0.3, 0.4) is 0 Å². The fourth-order valence-corrected chi connectivity index (χ4v) is 2.05. The molecule has 0 fully saturated rings. The first-order valence-electron chi connectivity index (χ1n) is 4.81. The number of fused-ring (bicyclic) bond motifs is 1. The maximum absolute atomic E-state index is 11.8. The van der Waals surface area contributed by atoms with Crippen molar-refractivity contribution in [2.75, 3.05) is 0 Å². The van der Waals surface area contributed by atoms with Crippen molar-refractivity contribution >= 4 is 5.78 Å². The number of allylic oxidation sites excluding steroid dienone is 6. The van der Waals surface area contributed by atoms with E-state index in [1.807, 2.05) is 12.2 Å². The number of ketones is 1. The van der Waals surface area contributed by atoms with Crippen molar-refractivity contribution in [3.8, 4) is 0 Å². The van der Waals surface area contributed by atoms with Gasteiger partial charge in [-0.25, -0.2) is 0 Å². The molecule has 0 aromatic carbocycles. The summed E-state index contributed by atoms with van der Waals surface area (Å²) in [5.41, 5.74) is 0.968. The lowest BCUT2D eigenvalue weighted by atomic mass is 9.71. The molecule has 0 aromatic heterocycles. The molecule has 1 unspecified atom stereocenters. The van der Waals surface area contributed by atoms with E-state index < -0.39 is 0 Å². The quantitative estimate of drug-likeness (QED) is 0.552. The van der Waals surface area contributed by atoms with Crippen LogP contribution in [0, 0.1) is 5.41 Å². The molecule has 68 valence electrons. The summed E-state index contributed by atoms with van der Waals surface area (Å²) in [5, 5.41) is 0. The van der Waals surface area contributed by atoms with Crippen LogP contribution in [0.5, 0.6) is 0 Å². The van der Waals surface area contributed by atoms with Crippen LogP contribution < -0.4 is 0 Å².